The van der Waals surface area contributed by atoms with Gasteiger partial charge in [0.25, 0.3) is 0 Å². The smallest absolute Gasteiger partial charge is 0.216 e. The van der Waals surface area contributed by atoms with E-state index < -0.39 is 13.3 Å². The molecular weight excluding hydrogens is 1070 g/mol. The zero-order valence-corrected chi connectivity index (χ0v) is 45.3. The summed E-state index contributed by atoms with van der Waals surface area (Å²) in [6.07, 6.45) is 8.52. The number of hydrogen-bond acceptors (Lipinski definition) is 4. The average Bonchev–Trinajstić information content (AvgIpc) is 4.09. The molecule has 1 unspecified atom stereocenters. The first-order valence-electron chi connectivity index (χ1n) is 24.5. The molecule has 4 aromatic heterocycles. The van der Waals surface area contributed by atoms with Crippen molar-refractivity contribution in [3.8, 4) is 22.6 Å². The van der Waals surface area contributed by atoms with Crippen LogP contribution in [0.15, 0.2) is 138 Å². The second-order valence-corrected chi connectivity index (χ2v) is 31.2. The van der Waals surface area contributed by atoms with Crippen molar-refractivity contribution in [3.63, 3.8) is 0 Å². The fourth-order valence-electron chi connectivity index (χ4n) is 10.9. The van der Waals surface area contributed by atoms with E-state index in [0.29, 0.717) is 35.9 Å². The number of benzene rings is 6. The van der Waals surface area contributed by atoms with Gasteiger partial charge < -0.3 is 8.98 Å². The molecule has 4 heterocycles. The first-order chi connectivity index (χ1) is 32.4. The van der Waals surface area contributed by atoms with Crippen LogP contribution in [0.1, 0.15) is 94.5 Å². The van der Waals surface area contributed by atoms with Gasteiger partial charge in [0.05, 0.1) is 22.4 Å². The Balaban J connectivity index is 0.000000232. The van der Waals surface area contributed by atoms with E-state index in [4.69, 9.17) is 19.4 Å². The van der Waals surface area contributed by atoms with Crippen LogP contribution in [0.25, 0.3) is 77.3 Å². The predicted octanol–water partition coefficient (Wildman–Crippen LogP) is 15.9. The van der Waals surface area contributed by atoms with Crippen LogP contribution >= 0.6 is 0 Å². The molecule has 1 saturated carbocycles. The van der Waals surface area contributed by atoms with Crippen LogP contribution in [0.3, 0.4) is 0 Å². The molecule has 1 radical (unpaired) electrons. The zero-order chi connectivity index (χ0) is 46.4. The third kappa shape index (κ3) is 9.24. The maximum atomic E-state index is 6.69. The van der Waals surface area contributed by atoms with Gasteiger partial charge in [-0.2, -0.15) is 0 Å². The van der Waals surface area contributed by atoms with E-state index in [9.17, 15) is 0 Å². The van der Waals surface area contributed by atoms with E-state index >= 15 is 0 Å². The standard InChI is InChI=1S/C43H38N3O.C18H24GeN.Ir/c1-26(2)40-32-18-9-8-16-30(32)29-15-6-7-17-31(29)36(40)25-46-39-22-11-10-21-38(39)44-42(46)35-20-12-19-33-34-23-24-37(45-43(34)47-41(33)35)27(3)28-13-4-5-14-28;1-14(2)11-16-12-18(15-9-7-6-8-10-15)20-13-17(16)19(3,4)5;/h6-12,15-19,21-24,26-28H,4-5,13-14,25H2,1-3H3;6-9,12-14H,11H2,1-5H3;/q2*-1;. The Kier molecular flexibility index (Phi) is 14.0. The Morgan fingerprint density at radius 2 is 1.40 bits per heavy atom. The molecule has 1 fully saturated rings. The summed E-state index contributed by atoms with van der Waals surface area (Å²) < 4.78 is 10.6. The van der Waals surface area contributed by atoms with E-state index in [1.807, 2.05) is 24.3 Å². The number of aromatic nitrogens is 4. The largest absolute Gasteiger partial charge is 0.486 e. The van der Waals surface area contributed by atoms with Crippen molar-refractivity contribution < 1.29 is 24.5 Å². The van der Waals surface area contributed by atoms with Crippen molar-refractivity contribution in [2.75, 3.05) is 0 Å². The molecule has 1 aliphatic rings. The van der Waals surface area contributed by atoms with Crippen molar-refractivity contribution >= 4 is 72.3 Å². The maximum absolute atomic E-state index is 6.69. The van der Waals surface area contributed by atoms with Gasteiger partial charge in [-0.05, 0) is 81.6 Å². The predicted molar refractivity (Wildman–Crippen MR) is 284 cm³/mol. The Labute approximate surface area is 418 Å². The van der Waals surface area contributed by atoms with Crippen LogP contribution in [0.5, 0.6) is 0 Å². The third-order valence-electron chi connectivity index (χ3n) is 14.2. The number of imidazole rings is 1. The van der Waals surface area contributed by atoms with Crippen LogP contribution < -0.4 is 4.40 Å². The summed E-state index contributed by atoms with van der Waals surface area (Å²) in [6.45, 7) is 12.2. The Bertz CT molecular complexity index is 3390. The average molecular weight is 1130 g/mol. The maximum Gasteiger partial charge on any atom is 0.216 e. The summed E-state index contributed by atoms with van der Waals surface area (Å²) in [7, 11) is 0. The molecule has 6 aromatic carbocycles. The van der Waals surface area contributed by atoms with E-state index in [0.717, 1.165) is 62.1 Å². The Hall–Kier alpha value is -5.40. The first kappa shape index (κ1) is 47.7. The zero-order valence-electron chi connectivity index (χ0n) is 40.8. The van der Waals surface area contributed by atoms with E-state index in [1.54, 1.807) is 4.40 Å². The number of pyridine rings is 2. The van der Waals surface area contributed by atoms with Crippen LogP contribution in [0, 0.1) is 24.0 Å². The molecule has 0 aliphatic heterocycles. The molecule has 0 amide bonds. The normalized spacial score (nSPS) is 13.8. The van der Waals surface area contributed by atoms with E-state index in [-0.39, 0.29) is 20.1 Å². The van der Waals surface area contributed by atoms with E-state index in [1.165, 1.54) is 63.9 Å². The quantitative estimate of drug-likeness (QED) is 0.0778. The minimum Gasteiger partial charge on any atom is -0.486 e. The fraction of sp³-hybridized carbons (Fsp3) is 0.295. The van der Waals surface area contributed by atoms with Gasteiger partial charge in [-0.15, -0.1) is 18.2 Å². The van der Waals surface area contributed by atoms with Crippen LogP contribution in [-0.2, 0) is 33.1 Å². The summed E-state index contributed by atoms with van der Waals surface area (Å²) in [4.78, 5) is 15.1. The van der Waals surface area contributed by atoms with Gasteiger partial charge in [0.1, 0.15) is 0 Å². The summed E-state index contributed by atoms with van der Waals surface area (Å²) in [5, 5.41) is 7.30. The molecular formula is C61H62GeIrN4O-2. The monoisotopic (exact) mass is 1130 g/mol. The first-order valence-corrected chi connectivity index (χ1v) is 31.9. The van der Waals surface area contributed by atoms with Gasteiger partial charge in [-0.1, -0.05) is 105 Å². The summed E-state index contributed by atoms with van der Waals surface area (Å²) in [5.41, 5.74) is 11.9. The molecule has 5 nitrogen and oxygen atoms in total. The summed E-state index contributed by atoms with van der Waals surface area (Å²) in [6, 6.07) is 51.9. The van der Waals surface area contributed by atoms with Crippen molar-refractivity contribution in [1.82, 2.24) is 19.5 Å². The molecule has 10 aromatic rings. The van der Waals surface area contributed by atoms with Gasteiger partial charge in [0.15, 0.2) is 0 Å². The number of hydrogen-bond donors (Lipinski definition) is 0. The van der Waals surface area contributed by atoms with Gasteiger partial charge in [0, 0.05) is 43.6 Å². The SMILES string of the molecule is CC(C)Cc1cc(-c2[c-]cccc2)nc[c]1[Ge]([CH3])([CH3])[CH3].CC(C)c1c(Cn2c(-c3[c-]ccc4c3oc3nc(C(C)C5CCCC5)ccc34)nc3ccccc32)c2ccccc2c2ccccc12.[Ir]. The number of nitrogens with zero attached hydrogens (tertiary/aromatic N) is 4. The van der Waals surface area contributed by atoms with Crippen molar-refractivity contribution in [2.24, 2.45) is 11.8 Å². The molecule has 11 rings (SSSR count). The molecule has 7 heteroatoms. The van der Waals surface area contributed by atoms with Crippen molar-refractivity contribution in [3.05, 3.63) is 168 Å². The molecule has 0 spiro atoms. The minimum absolute atomic E-state index is 0. The number of para-hydroxylation sites is 2. The van der Waals surface area contributed by atoms with Crippen molar-refractivity contribution in [1.29, 1.82) is 0 Å². The molecule has 347 valence electrons. The molecule has 1 atom stereocenters. The Morgan fingerprint density at radius 1 is 0.706 bits per heavy atom. The number of fused-ring (bicyclic) bond motifs is 7. The van der Waals surface area contributed by atoms with Crippen LogP contribution in [-0.4, -0.2) is 32.8 Å². The fourth-order valence-corrected chi connectivity index (χ4v) is 14.2. The third-order valence-corrected chi connectivity index (χ3v) is 18.5. The molecule has 68 heavy (non-hydrogen) atoms. The van der Waals surface area contributed by atoms with Crippen molar-refractivity contribution in [2.45, 2.75) is 102 Å². The molecule has 0 N–H and O–H groups in total. The second kappa shape index (κ2) is 19.9. The summed E-state index contributed by atoms with van der Waals surface area (Å²) >= 11 is -1.86. The molecule has 0 saturated heterocycles. The van der Waals surface area contributed by atoms with Crippen LogP contribution in [0.2, 0.25) is 17.3 Å². The second-order valence-electron chi connectivity index (χ2n) is 20.6. The topological polar surface area (TPSA) is 56.7 Å². The van der Waals surface area contributed by atoms with Gasteiger partial charge in [-0.3, -0.25) is 4.98 Å². The van der Waals surface area contributed by atoms with Gasteiger partial charge >= 0.3 is 126 Å². The number of furan rings is 1. The van der Waals surface area contributed by atoms with E-state index in [2.05, 4.69) is 178 Å². The van der Waals surface area contributed by atoms with Gasteiger partial charge in [0.2, 0.25) is 5.71 Å². The van der Waals surface area contributed by atoms with Crippen LogP contribution in [0.4, 0.5) is 0 Å². The molecule has 0 bridgehead atoms. The Morgan fingerprint density at radius 3 is 2.10 bits per heavy atom. The molecule has 1 aliphatic carbocycles. The van der Waals surface area contributed by atoms with Gasteiger partial charge in [-0.25, -0.2) is 4.98 Å². The summed E-state index contributed by atoms with van der Waals surface area (Å²) in [5.74, 6) is 10.3. The minimum atomic E-state index is -1.86. The number of rotatable bonds is 10.